The number of anilines is 1. The molecule has 2 heterocycles. The first-order valence-corrected chi connectivity index (χ1v) is 8.30. The van der Waals surface area contributed by atoms with Crippen LogP contribution in [-0.2, 0) is 4.79 Å². The summed E-state index contributed by atoms with van der Waals surface area (Å²) in [6, 6.07) is 10.1. The minimum Gasteiger partial charge on any atom is -0.454 e. The van der Waals surface area contributed by atoms with Crippen LogP contribution in [0, 0.1) is 5.82 Å². The highest BCUT2D eigenvalue weighted by atomic mass is 19.1. The molecule has 8 nitrogen and oxygen atoms in total. The summed E-state index contributed by atoms with van der Waals surface area (Å²) in [4.78, 5) is 38.8. The summed E-state index contributed by atoms with van der Waals surface area (Å²) < 4.78 is 23.6. The molecule has 1 aromatic heterocycles. The van der Waals surface area contributed by atoms with Gasteiger partial charge in [0.1, 0.15) is 11.4 Å². The molecular formula is C19H14FN3O5. The van der Waals surface area contributed by atoms with Gasteiger partial charge in [0.15, 0.2) is 11.5 Å². The molecule has 28 heavy (non-hydrogen) atoms. The molecule has 142 valence electrons. The fraction of sp³-hybridized carbons (Fsp3) is 0.105. The zero-order valence-corrected chi connectivity index (χ0v) is 14.4. The fourth-order valence-corrected chi connectivity index (χ4v) is 2.78. The van der Waals surface area contributed by atoms with Crippen LogP contribution in [0.15, 0.2) is 47.3 Å². The van der Waals surface area contributed by atoms with Crippen LogP contribution in [-0.4, -0.2) is 30.1 Å². The number of pyridine rings is 1. The Kier molecular flexibility index (Phi) is 4.40. The standard InChI is InChI=1S/C19H14FN3O5/c20-11-2-1-10-5-13(19(26)23-14(10)6-11)18(25)21-8-17(24)22-12-3-4-15-16(7-12)28-9-27-15/h1-7H,8-9H2,(H,21,25)(H,22,24)(H,23,26). The molecule has 0 bridgehead atoms. The first-order valence-electron chi connectivity index (χ1n) is 8.30. The van der Waals surface area contributed by atoms with Gasteiger partial charge < -0.3 is 25.1 Å². The third kappa shape index (κ3) is 3.50. The maximum absolute atomic E-state index is 13.2. The largest absolute Gasteiger partial charge is 0.454 e. The van der Waals surface area contributed by atoms with Crippen LogP contribution in [0.5, 0.6) is 11.5 Å². The number of ether oxygens (including phenoxy) is 2. The van der Waals surface area contributed by atoms with Crippen LogP contribution in [0.1, 0.15) is 10.4 Å². The first kappa shape index (κ1) is 17.5. The maximum atomic E-state index is 13.2. The zero-order chi connectivity index (χ0) is 19.7. The second-order valence-corrected chi connectivity index (χ2v) is 6.04. The molecule has 2 aromatic carbocycles. The number of amides is 2. The molecule has 1 aliphatic rings. The number of benzene rings is 2. The van der Waals surface area contributed by atoms with Gasteiger partial charge in [0, 0.05) is 11.8 Å². The van der Waals surface area contributed by atoms with E-state index in [1.807, 2.05) is 0 Å². The van der Waals surface area contributed by atoms with Gasteiger partial charge in [0.25, 0.3) is 11.5 Å². The highest BCUT2D eigenvalue weighted by molar-refractivity contribution is 6.00. The number of halogens is 1. The summed E-state index contributed by atoms with van der Waals surface area (Å²) in [5, 5.41) is 5.50. The summed E-state index contributed by atoms with van der Waals surface area (Å²) in [6.45, 7) is -0.218. The number of fused-ring (bicyclic) bond motifs is 2. The van der Waals surface area contributed by atoms with Gasteiger partial charge in [-0.1, -0.05) is 0 Å². The SMILES string of the molecule is O=C(CNC(=O)c1cc2ccc(F)cc2[nH]c1=O)Nc1ccc2c(c1)OCO2. The molecule has 0 saturated heterocycles. The zero-order valence-electron chi connectivity index (χ0n) is 14.4. The Morgan fingerprint density at radius 2 is 1.89 bits per heavy atom. The van der Waals surface area contributed by atoms with Crippen LogP contribution >= 0.6 is 0 Å². The van der Waals surface area contributed by atoms with Crippen molar-refractivity contribution in [3.05, 3.63) is 64.2 Å². The minimum atomic E-state index is -0.715. The second-order valence-electron chi connectivity index (χ2n) is 6.04. The van der Waals surface area contributed by atoms with E-state index in [0.717, 1.165) is 6.07 Å². The molecule has 4 rings (SSSR count). The van der Waals surface area contributed by atoms with Gasteiger partial charge in [0.2, 0.25) is 12.7 Å². The molecule has 0 saturated carbocycles. The van der Waals surface area contributed by atoms with E-state index < -0.39 is 23.2 Å². The molecule has 0 atom stereocenters. The molecule has 0 spiro atoms. The normalized spacial score (nSPS) is 12.0. The van der Waals surface area contributed by atoms with E-state index in [-0.39, 0.29) is 24.4 Å². The molecule has 2 amide bonds. The molecule has 0 fully saturated rings. The summed E-state index contributed by atoms with van der Waals surface area (Å²) in [7, 11) is 0. The van der Waals surface area contributed by atoms with Crippen molar-refractivity contribution < 1.29 is 23.5 Å². The van der Waals surface area contributed by atoms with E-state index in [1.165, 1.54) is 18.2 Å². The number of carbonyl (C=O) groups is 2. The molecule has 3 aromatic rings. The van der Waals surface area contributed by atoms with Gasteiger partial charge in [-0.2, -0.15) is 0 Å². The summed E-state index contributed by atoms with van der Waals surface area (Å²) in [5.41, 5.74) is -0.0852. The Labute approximate surface area is 157 Å². The summed E-state index contributed by atoms with van der Waals surface area (Å²) in [6.07, 6.45) is 0. The van der Waals surface area contributed by atoms with Crippen molar-refractivity contribution in [1.29, 1.82) is 0 Å². The second kappa shape index (κ2) is 7.03. The topological polar surface area (TPSA) is 110 Å². The fourth-order valence-electron chi connectivity index (χ4n) is 2.78. The third-order valence-corrected chi connectivity index (χ3v) is 4.12. The molecular weight excluding hydrogens is 369 g/mol. The number of aromatic nitrogens is 1. The lowest BCUT2D eigenvalue weighted by atomic mass is 10.1. The number of aromatic amines is 1. The number of rotatable bonds is 4. The molecule has 9 heteroatoms. The predicted octanol–water partition coefficient (Wildman–Crippen LogP) is 1.76. The van der Waals surface area contributed by atoms with E-state index in [0.29, 0.717) is 22.6 Å². The van der Waals surface area contributed by atoms with Gasteiger partial charge in [-0.15, -0.1) is 0 Å². The van der Waals surface area contributed by atoms with Crippen molar-refractivity contribution >= 4 is 28.4 Å². The molecule has 1 aliphatic heterocycles. The number of hydrogen-bond acceptors (Lipinski definition) is 5. The van der Waals surface area contributed by atoms with E-state index in [2.05, 4.69) is 15.6 Å². The van der Waals surface area contributed by atoms with Crippen molar-refractivity contribution in [2.45, 2.75) is 0 Å². The highest BCUT2D eigenvalue weighted by Crippen LogP contribution is 2.34. The quantitative estimate of drug-likeness (QED) is 0.636. The van der Waals surface area contributed by atoms with E-state index in [9.17, 15) is 18.8 Å². The van der Waals surface area contributed by atoms with E-state index in [1.54, 1.807) is 18.2 Å². The Morgan fingerprint density at radius 1 is 1.07 bits per heavy atom. The molecule has 0 aliphatic carbocycles. The van der Waals surface area contributed by atoms with Crippen LogP contribution < -0.4 is 25.7 Å². The first-order chi connectivity index (χ1) is 13.5. The van der Waals surface area contributed by atoms with Crippen LogP contribution in [0.25, 0.3) is 10.9 Å². The smallest absolute Gasteiger partial charge is 0.261 e. The Balaban J connectivity index is 1.42. The maximum Gasteiger partial charge on any atom is 0.261 e. The predicted molar refractivity (Wildman–Crippen MR) is 98.1 cm³/mol. The summed E-state index contributed by atoms with van der Waals surface area (Å²) >= 11 is 0. The number of H-pyrrole nitrogens is 1. The van der Waals surface area contributed by atoms with Crippen molar-refractivity contribution in [1.82, 2.24) is 10.3 Å². The van der Waals surface area contributed by atoms with Crippen molar-refractivity contribution in [2.75, 3.05) is 18.7 Å². The molecule has 0 radical (unpaired) electrons. The Bertz CT molecular complexity index is 1160. The minimum absolute atomic E-state index is 0.121. The summed E-state index contributed by atoms with van der Waals surface area (Å²) in [5.74, 6) is -0.594. The lowest BCUT2D eigenvalue weighted by Gasteiger charge is -2.08. The average molecular weight is 383 g/mol. The number of nitrogens with one attached hydrogen (secondary N) is 3. The van der Waals surface area contributed by atoms with Gasteiger partial charge in [-0.25, -0.2) is 4.39 Å². The third-order valence-electron chi connectivity index (χ3n) is 4.12. The molecule has 3 N–H and O–H groups in total. The van der Waals surface area contributed by atoms with Crippen LogP contribution in [0.2, 0.25) is 0 Å². The van der Waals surface area contributed by atoms with Gasteiger partial charge in [-0.05, 0) is 41.8 Å². The van der Waals surface area contributed by atoms with Crippen molar-refractivity contribution in [2.24, 2.45) is 0 Å². The van der Waals surface area contributed by atoms with Crippen molar-refractivity contribution in [3.8, 4) is 11.5 Å². The highest BCUT2D eigenvalue weighted by Gasteiger charge is 2.16. The van der Waals surface area contributed by atoms with E-state index >= 15 is 0 Å². The van der Waals surface area contributed by atoms with Gasteiger partial charge in [-0.3, -0.25) is 14.4 Å². The van der Waals surface area contributed by atoms with Crippen molar-refractivity contribution in [3.63, 3.8) is 0 Å². The lowest BCUT2D eigenvalue weighted by molar-refractivity contribution is -0.115. The lowest BCUT2D eigenvalue weighted by Crippen LogP contribution is -2.35. The Hall–Kier alpha value is -3.88. The van der Waals surface area contributed by atoms with Crippen LogP contribution in [0.3, 0.4) is 0 Å². The number of hydrogen-bond donors (Lipinski definition) is 3. The van der Waals surface area contributed by atoms with Crippen LogP contribution in [0.4, 0.5) is 10.1 Å². The average Bonchev–Trinajstić information content (AvgIpc) is 3.13. The monoisotopic (exact) mass is 383 g/mol. The Morgan fingerprint density at radius 3 is 2.75 bits per heavy atom. The van der Waals surface area contributed by atoms with E-state index in [4.69, 9.17) is 9.47 Å². The van der Waals surface area contributed by atoms with Gasteiger partial charge in [0.05, 0.1) is 12.1 Å². The molecule has 0 unspecified atom stereocenters. The number of carbonyl (C=O) groups excluding carboxylic acids is 2. The van der Waals surface area contributed by atoms with Gasteiger partial charge >= 0.3 is 0 Å².